The number of fused-ring (bicyclic) bond motifs is 1. The number of hydrogen-bond acceptors (Lipinski definition) is 5. The molecule has 3 rings (SSSR count). The minimum Gasteiger partial charge on any atom is -0.496 e. The van der Waals surface area contributed by atoms with E-state index in [1.165, 1.54) is 10.9 Å². The number of para-hydroxylation sites is 2. The Morgan fingerprint density at radius 2 is 1.92 bits per heavy atom. The molecular formula is C19H20N2O4. The molecule has 1 heterocycles. The maximum Gasteiger partial charge on any atom is 0.261 e. The van der Waals surface area contributed by atoms with Crippen LogP contribution in [0.4, 0.5) is 0 Å². The molecule has 6 heteroatoms. The molecule has 1 atom stereocenters. The highest BCUT2D eigenvalue weighted by Gasteiger charge is 2.10. The fourth-order valence-corrected chi connectivity index (χ4v) is 2.64. The smallest absolute Gasteiger partial charge is 0.261 e. The van der Waals surface area contributed by atoms with Crippen LogP contribution < -0.4 is 10.3 Å². The first-order valence-electron chi connectivity index (χ1n) is 8.01. The SMILES string of the molecule is COc1ccccc1COC[C@@H](O)Cn1cnc2ccccc2c1=O. The van der Waals surface area contributed by atoms with E-state index < -0.39 is 6.10 Å². The summed E-state index contributed by atoms with van der Waals surface area (Å²) in [5.41, 5.74) is 1.38. The van der Waals surface area contributed by atoms with Crippen molar-refractivity contribution in [3.63, 3.8) is 0 Å². The number of ether oxygens (including phenoxy) is 2. The molecule has 0 saturated carbocycles. The average Bonchev–Trinajstić information content (AvgIpc) is 2.64. The zero-order chi connectivity index (χ0) is 17.6. The predicted octanol–water partition coefficient (Wildman–Crippen LogP) is 1.98. The third-order valence-corrected chi connectivity index (χ3v) is 3.90. The Morgan fingerprint density at radius 1 is 1.16 bits per heavy atom. The fraction of sp³-hybridized carbons (Fsp3) is 0.263. The molecule has 3 aromatic rings. The quantitative estimate of drug-likeness (QED) is 0.712. The van der Waals surface area contributed by atoms with Crippen molar-refractivity contribution in [3.05, 3.63) is 70.8 Å². The predicted molar refractivity (Wildman–Crippen MR) is 94.7 cm³/mol. The van der Waals surface area contributed by atoms with Crippen molar-refractivity contribution in [2.75, 3.05) is 13.7 Å². The van der Waals surface area contributed by atoms with Gasteiger partial charge in [-0.15, -0.1) is 0 Å². The number of methoxy groups -OCH3 is 1. The summed E-state index contributed by atoms with van der Waals surface area (Å²) in [7, 11) is 1.60. The third kappa shape index (κ3) is 4.04. The third-order valence-electron chi connectivity index (χ3n) is 3.90. The number of aliphatic hydroxyl groups is 1. The van der Waals surface area contributed by atoms with Crippen molar-refractivity contribution in [2.45, 2.75) is 19.3 Å². The molecule has 0 saturated heterocycles. The van der Waals surface area contributed by atoms with E-state index in [0.29, 0.717) is 17.5 Å². The number of aliphatic hydroxyl groups excluding tert-OH is 1. The van der Waals surface area contributed by atoms with E-state index in [4.69, 9.17) is 9.47 Å². The normalized spacial score (nSPS) is 12.2. The van der Waals surface area contributed by atoms with Crippen molar-refractivity contribution in [1.29, 1.82) is 0 Å². The standard InChI is InChI=1S/C19H20N2O4/c1-24-18-9-5-2-6-14(18)11-25-12-15(22)10-21-13-20-17-8-4-3-7-16(17)19(21)23/h2-9,13,15,22H,10-12H2,1H3/t15-/m0/s1. The molecule has 0 aliphatic carbocycles. The summed E-state index contributed by atoms with van der Waals surface area (Å²) in [6.45, 7) is 0.561. The number of benzene rings is 2. The summed E-state index contributed by atoms with van der Waals surface area (Å²) in [6, 6.07) is 14.7. The molecule has 0 amide bonds. The van der Waals surface area contributed by atoms with Crippen LogP contribution in [0.5, 0.6) is 5.75 Å². The lowest BCUT2D eigenvalue weighted by molar-refractivity contribution is 0.0192. The summed E-state index contributed by atoms with van der Waals surface area (Å²) in [5, 5.41) is 10.7. The Hall–Kier alpha value is -2.70. The van der Waals surface area contributed by atoms with Gasteiger partial charge in [0.15, 0.2) is 0 Å². The van der Waals surface area contributed by atoms with Crippen molar-refractivity contribution >= 4 is 10.9 Å². The summed E-state index contributed by atoms with van der Waals surface area (Å²) >= 11 is 0. The van der Waals surface area contributed by atoms with Gasteiger partial charge in [0.05, 0.1) is 50.2 Å². The van der Waals surface area contributed by atoms with E-state index in [1.54, 1.807) is 25.3 Å². The molecule has 130 valence electrons. The number of nitrogens with zero attached hydrogens (tertiary/aromatic N) is 2. The van der Waals surface area contributed by atoms with Crippen LogP contribution in [0.1, 0.15) is 5.56 Å². The fourth-order valence-electron chi connectivity index (χ4n) is 2.64. The van der Waals surface area contributed by atoms with E-state index in [9.17, 15) is 9.90 Å². The second-order valence-electron chi connectivity index (χ2n) is 5.70. The summed E-state index contributed by atoms with van der Waals surface area (Å²) < 4.78 is 12.2. The molecule has 0 aliphatic rings. The van der Waals surface area contributed by atoms with Gasteiger partial charge in [-0.2, -0.15) is 0 Å². The topological polar surface area (TPSA) is 73.6 Å². The van der Waals surface area contributed by atoms with Crippen LogP contribution in [-0.4, -0.2) is 34.5 Å². The first kappa shape index (κ1) is 17.1. The van der Waals surface area contributed by atoms with Crippen LogP contribution in [0.3, 0.4) is 0 Å². The molecule has 1 aromatic heterocycles. The van der Waals surface area contributed by atoms with E-state index in [-0.39, 0.29) is 18.7 Å². The minimum absolute atomic E-state index is 0.108. The Kier molecular flexibility index (Phi) is 5.42. The monoisotopic (exact) mass is 340 g/mol. The summed E-state index contributed by atoms with van der Waals surface area (Å²) in [4.78, 5) is 16.6. The molecule has 0 radical (unpaired) electrons. The molecule has 25 heavy (non-hydrogen) atoms. The van der Waals surface area contributed by atoms with Crippen LogP contribution >= 0.6 is 0 Å². The lowest BCUT2D eigenvalue weighted by Gasteiger charge is -2.14. The van der Waals surface area contributed by atoms with Gasteiger partial charge in [-0.1, -0.05) is 30.3 Å². The van der Waals surface area contributed by atoms with Gasteiger partial charge < -0.3 is 14.6 Å². The lowest BCUT2D eigenvalue weighted by Crippen LogP contribution is -2.29. The van der Waals surface area contributed by atoms with Crippen molar-refractivity contribution in [3.8, 4) is 5.75 Å². The van der Waals surface area contributed by atoms with E-state index in [0.717, 1.165) is 11.3 Å². The lowest BCUT2D eigenvalue weighted by atomic mass is 10.2. The first-order chi connectivity index (χ1) is 12.2. The molecule has 0 unspecified atom stereocenters. The van der Waals surface area contributed by atoms with Gasteiger partial charge in [-0.05, 0) is 18.2 Å². The largest absolute Gasteiger partial charge is 0.496 e. The minimum atomic E-state index is -0.810. The molecule has 0 fully saturated rings. The molecule has 6 nitrogen and oxygen atoms in total. The van der Waals surface area contributed by atoms with Gasteiger partial charge in [0.25, 0.3) is 5.56 Å². The summed E-state index contributed by atoms with van der Waals surface area (Å²) in [5.74, 6) is 0.743. The van der Waals surface area contributed by atoms with Gasteiger partial charge in [-0.25, -0.2) is 4.98 Å². The highest BCUT2D eigenvalue weighted by atomic mass is 16.5. The number of rotatable bonds is 7. The number of aromatic nitrogens is 2. The maximum absolute atomic E-state index is 12.4. The highest BCUT2D eigenvalue weighted by molar-refractivity contribution is 5.76. The molecule has 0 spiro atoms. The molecule has 0 aliphatic heterocycles. The number of hydrogen-bond donors (Lipinski definition) is 1. The second-order valence-corrected chi connectivity index (χ2v) is 5.70. The van der Waals surface area contributed by atoms with Gasteiger partial charge in [0.2, 0.25) is 0 Å². The average molecular weight is 340 g/mol. The zero-order valence-electron chi connectivity index (χ0n) is 14.0. The van der Waals surface area contributed by atoms with Gasteiger partial charge >= 0.3 is 0 Å². The molecular weight excluding hydrogens is 320 g/mol. The Morgan fingerprint density at radius 3 is 2.76 bits per heavy atom. The van der Waals surface area contributed by atoms with Gasteiger partial charge in [0, 0.05) is 5.56 Å². The van der Waals surface area contributed by atoms with Crippen molar-refractivity contribution < 1.29 is 14.6 Å². The summed E-state index contributed by atoms with van der Waals surface area (Å²) in [6.07, 6.45) is 0.643. The van der Waals surface area contributed by atoms with Crippen LogP contribution in [0.2, 0.25) is 0 Å². The van der Waals surface area contributed by atoms with Crippen LogP contribution in [0.15, 0.2) is 59.7 Å². The van der Waals surface area contributed by atoms with Crippen LogP contribution in [0.25, 0.3) is 10.9 Å². The second kappa shape index (κ2) is 7.92. The van der Waals surface area contributed by atoms with Crippen LogP contribution in [-0.2, 0) is 17.9 Å². The van der Waals surface area contributed by atoms with Crippen molar-refractivity contribution in [2.24, 2.45) is 0 Å². The highest BCUT2D eigenvalue weighted by Crippen LogP contribution is 2.18. The maximum atomic E-state index is 12.4. The van der Waals surface area contributed by atoms with Gasteiger partial charge in [0.1, 0.15) is 5.75 Å². The molecule has 2 aromatic carbocycles. The first-order valence-corrected chi connectivity index (χ1v) is 8.01. The Bertz CT molecular complexity index is 907. The van der Waals surface area contributed by atoms with E-state index in [1.807, 2.05) is 30.3 Å². The Labute approximate surface area is 145 Å². The van der Waals surface area contributed by atoms with Crippen LogP contribution in [0, 0.1) is 0 Å². The molecule has 1 N–H and O–H groups in total. The van der Waals surface area contributed by atoms with E-state index in [2.05, 4.69) is 4.98 Å². The van der Waals surface area contributed by atoms with Gasteiger partial charge in [-0.3, -0.25) is 9.36 Å². The molecule has 0 bridgehead atoms. The van der Waals surface area contributed by atoms with Crippen molar-refractivity contribution in [1.82, 2.24) is 9.55 Å². The zero-order valence-corrected chi connectivity index (χ0v) is 14.0. The van der Waals surface area contributed by atoms with E-state index >= 15 is 0 Å². The Balaban J connectivity index is 1.60.